The van der Waals surface area contributed by atoms with Gasteiger partial charge in [0.1, 0.15) is 0 Å². The summed E-state index contributed by atoms with van der Waals surface area (Å²) in [6.07, 6.45) is 13.6. The molecule has 4 fully saturated rings. The molecule has 0 bridgehead atoms. The van der Waals surface area contributed by atoms with Crippen molar-refractivity contribution in [3.8, 4) is 0 Å². The molecule has 5 rings (SSSR count). The zero-order chi connectivity index (χ0) is 24.6. The van der Waals surface area contributed by atoms with E-state index >= 15 is 0 Å². The predicted molar refractivity (Wildman–Crippen MR) is 148 cm³/mol. The number of benzene rings is 1. The van der Waals surface area contributed by atoms with Crippen LogP contribution in [0.5, 0.6) is 0 Å². The Bertz CT molecular complexity index is 671. The molecule has 2 aliphatic heterocycles. The van der Waals surface area contributed by atoms with Crippen LogP contribution in [0.1, 0.15) is 103 Å². The van der Waals surface area contributed by atoms with Gasteiger partial charge < -0.3 is 21.3 Å². The van der Waals surface area contributed by atoms with Gasteiger partial charge in [-0.25, -0.2) is 0 Å². The van der Waals surface area contributed by atoms with Crippen molar-refractivity contribution < 1.29 is 0 Å². The maximum atomic E-state index is 3.79. The van der Waals surface area contributed by atoms with Crippen LogP contribution in [0, 0.1) is 13.8 Å². The molecule has 4 aliphatic rings. The molecule has 4 N–H and O–H groups in total. The van der Waals surface area contributed by atoms with Crippen LogP contribution in [0.2, 0.25) is 0 Å². The van der Waals surface area contributed by atoms with Crippen LogP contribution < -0.4 is 21.3 Å². The molecular formula is C30H54N4. The molecule has 2 heterocycles. The summed E-state index contributed by atoms with van der Waals surface area (Å²) in [7, 11) is 0. The van der Waals surface area contributed by atoms with Crippen molar-refractivity contribution in [3.63, 3.8) is 0 Å². The Balaban J connectivity index is 0.000000148. The van der Waals surface area contributed by atoms with E-state index in [1.807, 2.05) is 0 Å². The highest BCUT2D eigenvalue weighted by atomic mass is 15.1. The van der Waals surface area contributed by atoms with E-state index in [2.05, 4.69) is 87.1 Å². The second kappa shape index (κ2) is 12.9. The van der Waals surface area contributed by atoms with E-state index in [1.165, 1.54) is 88.4 Å². The number of hydrogen-bond donors (Lipinski definition) is 4. The minimum Gasteiger partial charge on any atom is -0.312 e. The summed E-state index contributed by atoms with van der Waals surface area (Å²) in [5.41, 5.74) is 3.35. The number of nitrogens with one attached hydrogen (secondary N) is 4. The van der Waals surface area contributed by atoms with Gasteiger partial charge in [0.15, 0.2) is 0 Å². The first-order chi connectivity index (χ1) is 16.1. The third kappa shape index (κ3) is 9.26. The Hall–Kier alpha value is -0.940. The van der Waals surface area contributed by atoms with Crippen molar-refractivity contribution >= 4 is 0 Å². The highest BCUT2D eigenvalue weighted by molar-refractivity contribution is 5.20. The van der Waals surface area contributed by atoms with Gasteiger partial charge in [-0.2, -0.15) is 0 Å². The Morgan fingerprint density at radius 2 is 1.00 bits per heavy atom. The normalized spacial score (nSPS) is 32.2. The zero-order valence-corrected chi connectivity index (χ0v) is 23.1. The molecule has 2 saturated heterocycles. The molecule has 34 heavy (non-hydrogen) atoms. The van der Waals surface area contributed by atoms with Gasteiger partial charge in [-0.3, -0.25) is 0 Å². The molecule has 4 atom stereocenters. The number of aryl methyl sites for hydroxylation is 2. The molecular weight excluding hydrogens is 416 g/mol. The molecule has 4 unspecified atom stereocenters. The second-order valence-corrected chi connectivity index (χ2v) is 12.6. The highest BCUT2D eigenvalue weighted by Crippen LogP contribution is 2.25. The van der Waals surface area contributed by atoms with Gasteiger partial charge in [0, 0.05) is 35.2 Å². The van der Waals surface area contributed by atoms with Gasteiger partial charge in [0.05, 0.1) is 0 Å². The van der Waals surface area contributed by atoms with Crippen molar-refractivity contribution in [2.45, 2.75) is 141 Å². The fourth-order valence-electron chi connectivity index (χ4n) is 6.19. The summed E-state index contributed by atoms with van der Waals surface area (Å²) in [5, 5.41) is 14.9. The average molecular weight is 471 g/mol. The van der Waals surface area contributed by atoms with Gasteiger partial charge >= 0.3 is 0 Å². The topological polar surface area (TPSA) is 48.1 Å². The predicted octanol–water partition coefficient (Wildman–Crippen LogP) is 5.62. The summed E-state index contributed by atoms with van der Waals surface area (Å²) in [5.74, 6) is 0. The quantitative estimate of drug-likeness (QED) is 0.397. The van der Waals surface area contributed by atoms with Gasteiger partial charge in [0.2, 0.25) is 0 Å². The molecule has 0 radical (unpaired) electrons. The Morgan fingerprint density at radius 3 is 1.35 bits per heavy atom. The summed E-state index contributed by atoms with van der Waals surface area (Å²) < 4.78 is 0. The van der Waals surface area contributed by atoms with Crippen LogP contribution in [0.25, 0.3) is 0 Å². The van der Waals surface area contributed by atoms with Crippen molar-refractivity contribution in [3.05, 3.63) is 35.4 Å². The summed E-state index contributed by atoms with van der Waals surface area (Å²) in [6, 6.07) is 11.4. The van der Waals surface area contributed by atoms with Gasteiger partial charge in [-0.05, 0) is 93.2 Å². The molecule has 0 aromatic heterocycles. The third-order valence-electron chi connectivity index (χ3n) is 8.17. The van der Waals surface area contributed by atoms with Crippen LogP contribution in [0.3, 0.4) is 0 Å². The number of rotatable bonds is 0. The van der Waals surface area contributed by atoms with Crippen molar-refractivity contribution in [2.75, 3.05) is 13.1 Å². The van der Waals surface area contributed by atoms with Crippen molar-refractivity contribution in [1.82, 2.24) is 21.3 Å². The van der Waals surface area contributed by atoms with Crippen LogP contribution >= 0.6 is 0 Å². The lowest BCUT2D eigenvalue weighted by Gasteiger charge is -2.35. The lowest BCUT2D eigenvalue weighted by atomic mass is 9.89. The van der Waals surface area contributed by atoms with Crippen molar-refractivity contribution in [2.24, 2.45) is 0 Å². The first-order valence-corrected chi connectivity index (χ1v) is 14.2. The first-order valence-electron chi connectivity index (χ1n) is 14.2. The van der Waals surface area contributed by atoms with Gasteiger partial charge in [-0.1, -0.05) is 61.1 Å². The lowest BCUT2D eigenvalue weighted by molar-refractivity contribution is 0.263. The molecule has 0 amide bonds. The molecule has 2 aliphatic carbocycles. The first kappa shape index (κ1) is 27.6. The fourth-order valence-corrected chi connectivity index (χ4v) is 6.19. The van der Waals surface area contributed by atoms with E-state index in [9.17, 15) is 0 Å². The number of hydrogen-bond acceptors (Lipinski definition) is 4. The van der Waals surface area contributed by atoms with E-state index in [4.69, 9.17) is 0 Å². The molecule has 4 nitrogen and oxygen atoms in total. The molecule has 194 valence electrons. The van der Waals surface area contributed by atoms with E-state index in [0.29, 0.717) is 11.1 Å². The average Bonchev–Trinajstić information content (AvgIpc) is 3.02. The number of fused-ring (bicyclic) bond motifs is 2. The van der Waals surface area contributed by atoms with Crippen LogP contribution in [-0.2, 0) is 0 Å². The van der Waals surface area contributed by atoms with E-state index < -0.39 is 0 Å². The molecule has 2 saturated carbocycles. The van der Waals surface area contributed by atoms with Crippen LogP contribution in [0.15, 0.2) is 24.3 Å². The van der Waals surface area contributed by atoms with Crippen LogP contribution in [0.4, 0.5) is 0 Å². The Labute approximate surface area is 210 Å². The van der Waals surface area contributed by atoms with Gasteiger partial charge in [0.25, 0.3) is 0 Å². The highest BCUT2D eigenvalue weighted by Gasteiger charge is 2.33. The molecule has 0 spiro atoms. The lowest BCUT2D eigenvalue weighted by Crippen LogP contribution is -2.52. The smallest absolute Gasteiger partial charge is 0.0226 e. The Morgan fingerprint density at radius 1 is 0.618 bits per heavy atom. The molecule has 1 aromatic carbocycles. The van der Waals surface area contributed by atoms with Crippen molar-refractivity contribution in [1.29, 1.82) is 0 Å². The Kier molecular flexibility index (Phi) is 10.4. The fraction of sp³-hybridized carbons (Fsp3) is 0.800. The van der Waals surface area contributed by atoms with Crippen LogP contribution in [-0.4, -0.2) is 48.3 Å². The van der Waals surface area contributed by atoms with E-state index in [1.54, 1.807) is 0 Å². The largest absolute Gasteiger partial charge is 0.312 e. The minimum atomic E-state index is 0.337. The van der Waals surface area contributed by atoms with E-state index in [-0.39, 0.29) is 0 Å². The van der Waals surface area contributed by atoms with Gasteiger partial charge in [-0.15, -0.1) is 0 Å². The molecule has 4 heteroatoms. The summed E-state index contributed by atoms with van der Waals surface area (Å²) in [4.78, 5) is 0. The third-order valence-corrected chi connectivity index (χ3v) is 8.17. The molecule has 1 aromatic rings. The van der Waals surface area contributed by atoms with E-state index in [0.717, 1.165) is 24.2 Å². The second-order valence-electron chi connectivity index (χ2n) is 12.6. The standard InChI is InChI=1S/2C11H22N2.C8H10/c2*1-11(2)7-8-12-9-5-3-4-6-10(9)13-11;1-7-4-3-5-8(2)6-7/h2*9-10,12-13H,3-8H2,1-2H3;3-6H,1-2H3. The minimum absolute atomic E-state index is 0.337. The monoisotopic (exact) mass is 470 g/mol. The maximum absolute atomic E-state index is 3.79. The maximum Gasteiger partial charge on any atom is 0.0226 e. The summed E-state index contributed by atoms with van der Waals surface area (Å²) in [6.45, 7) is 15.9. The summed E-state index contributed by atoms with van der Waals surface area (Å²) >= 11 is 0. The zero-order valence-electron chi connectivity index (χ0n) is 23.1. The SMILES string of the molecule is CC1(C)CCNC2CCCCC2N1.CC1(C)CCNC2CCCCC2N1.Cc1cccc(C)c1.